The highest BCUT2D eigenvalue weighted by Crippen LogP contribution is 1.80. The first-order chi connectivity index (χ1) is 3.81. The molecule has 8 heavy (non-hydrogen) atoms. The minimum absolute atomic E-state index is 1.63. The molecule has 0 aliphatic rings. The Morgan fingerprint density at radius 2 is 2.38 bits per heavy atom. The molecule has 0 saturated heterocycles. The lowest BCUT2D eigenvalue weighted by atomic mass is 10.7. The van der Waals surface area contributed by atoms with Gasteiger partial charge in [-0.3, -0.25) is 5.01 Å². The highest BCUT2D eigenvalue weighted by molar-refractivity contribution is 5.45. The van der Waals surface area contributed by atoms with E-state index < -0.39 is 0 Å². The summed E-state index contributed by atoms with van der Waals surface area (Å²) in [4.78, 5) is 0. The Morgan fingerprint density at radius 3 is 2.75 bits per heavy atom. The molecule has 0 aromatic heterocycles. The molecular weight excluding hydrogens is 100 g/mol. The van der Waals surface area contributed by atoms with Crippen LogP contribution in [0.5, 0.6) is 0 Å². The van der Waals surface area contributed by atoms with Crippen LogP contribution in [0, 0.1) is 0 Å². The van der Waals surface area contributed by atoms with Gasteiger partial charge in [0, 0.05) is 19.1 Å². The Labute approximate surface area is 49.8 Å². The van der Waals surface area contributed by atoms with Crippen LogP contribution in [0.3, 0.4) is 0 Å². The number of nitrogens with zero attached hydrogens (tertiary/aromatic N) is 2. The van der Waals surface area contributed by atoms with E-state index in [1.165, 1.54) is 0 Å². The van der Waals surface area contributed by atoms with Gasteiger partial charge in [0.2, 0.25) is 0 Å². The highest BCUT2D eigenvalue weighted by atomic mass is 15.4. The van der Waals surface area contributed by atoms with Crippen LogP contribution in [0.15, 0.2) is 24.0 Å². The fourth-order valence-corrected chi connectivity index (χ4v) is 0.361. The van der Waals surface area contributed by atoms with Gasteiger partial charge in [-0.1, -0.05) is 6.08 Å². The van der Waals surface area contributed by atoms with Crippen LogP contribution in [0.4, 0.5) is 0 Å². The van der Waals surface area contributed by atoms with E-state index in [-0.39, 0.29) is 0 Å². The Hall–Kier alpha value is -1.01. The standard InChI is InChI=1S/C6H10N2/c1-4-6-8(3)7-5-2/h4,6H,2H2,1,3H3/b6-4-. The second kappa shape index (κ2) is 4.16. The summed E-state index contributed by atoms with van der Waals surface area (Å²) in [6, 6.07) is 0. The van der Waals surface area contributed by atoms with Crippen molar-refractivity contribution in [1.82, 2.24) is 5.01 Å². The second-order valence-corrected chi connectivity index (χ2v) is 1.31. The maximum Gasteiger partial charge on any atom is 0.0304 e. The molecule has 2 nitrogen and oxygen atoms in total. The van der Waals surface area contributed by atoms with Crippen molar-refractivity contribution in [2.24, 2.45) is 5.10 Å². The topological polar surface area (TPSA) is 15.6 Å². The molecular formula is C6H10N2. The molecule has 0 aliphatic carbocycles. The van der Waals surface area contributed by atoms with Gasteiger partial charge < -0.3 is 0 Å². The van der Waals surface area contributed by atoms with E-state index in [0.29, 0.717) is 0 Å². The van der Waals surface area contributed by atoms with Gasteiger partial charge >= 0.3 is 0 Å². The lowest BCUT2D eigenvalue weighted by molar-refractivity contribution is 0.494. The molecule has 0 bridgehead atoms. The third-order valence-electron chi connectivity index (χ3n) is 0.593. The summed E-state index contributed by atoms with van der Waals surface area (Å²) in [5.41, 5.74) is 0. The number of rotatable bonds is 2. The van der Waals surface area contributed by atoms with Crippen LogP contribution in [0.25, 0.3) is 0 Å². The lowest BCUT2D eigenvalue weighted by Crippen LogP contribution is -1.98. The first-order valence-electron chi connectivity index (χ1n) is 2.39. The summed E-state index contributed by atoms with van der Waals surface area (Å²) in [7, 11) is 1.82. The maximum atomic E-state index is 3.70. The summed E-state index contributed by atoms with van der Waals surface area (Å²) < 4.78 is 0. The second-order valence-electron chi connectivity index (χ2n) is 1.31. The van der Waals surface area contributed by atoms with Gasteiger partial charge in [-0.25, -0.2) is 0 Å². The maximum absolute atomic E-state index is 3.70. The quantitative estimate of drug-likeness (QED) is 0.385. The Morgan fingerprint density at radius 1 is 1.75 bits per heavy atom. The lowest BCUT2D eigenvalue weighted by Gasteiger charge is -2.00. The number of hydrogen-bond acceptors (Lipinski definition) is 2. The molecule has 44 valence electrons. The molecule has 0 saturated carbocycles. The van der Waals surface area contributed by atoms with Crippen LogP contribution >= 0.6 is 0 Å². The minimum Gasteiger partial charge on any atom is -0.268 e. The molecule has 0 unspecified atom stereocenters. The van der Waals surface area contributed by atoms with E-state index in [9.17, 15) is 0 Å². The van der Waals surface area contributed by atoms with Crippen molar-refractivity contribution in [3.63, 3.8) is 0 Å². The van der Waals surface area contributed by atoms with Gasteiger partial charge in [0.15, 0.2) is 0 Å². The van der Waals surface area contributed by atoms with E-state index in [0.717, 1.165) is 0 Å². The molecule has 0 aromatic carbocycles. The Bertz CT molecular complexity index is 120. The zero-order valence-electron chi connectivity index (χ0n) is 5.26. The van der Waals surface area contributed by atoms with Crippen molar-refractivity contribution < 1.29 is 0 Å². The molecule has 0 radical (unpaired) electrons. The van der Waals surface area contributed by atoms with E-state index in [1.807, 2.05) is 26.2 Å². The van der Waals surface area contributed by atoms with E-state index in [1.54, 1.807) is 5.01 Å². The summed E-state index contributed by atoms with van der Waals surface area (Å²) >= 11 is 0. The monoisotopic (exact) mass is 110 g/mol. The van der Waals surface area contributed by atoms with Crippen molar-refractivity contribution in [2.45, 2.75) is 6.92 Å². The van der Waals surface area contributed by atoms with Gasteiger partial charge in [-0.15, -0.1) is 5.10 Å². The van der Waals surface area contributed by atoms with Crippen LogP contribution in [-0.2, 0) is 0 Å². The zero-order chi connectivity index (χ0) is 6.41. The first-order valence-corrected chi connectivity index (χ1v) is 2.39. The summed E-state index contributed by atoms with van der Waals surface area (Å²) in [5, 5.41) is 5.33. The third kappa shape index (κ3) is 3.19. The average molecular weight is 110 g/mol. The molecule has 0 N–H and O–H groups in total. The van der Waals surface area contributed by atoms with Crippen molar-refractivity contribution in [3.05, 3.63) is 18.9 Å². The number of allylic oxidation sites excluding steroid dienone is 1. The predicted octanol–water partition coefficient (Wildman–Crippen LogP) is 1.22. The largest absolute Gasteiger partial charge is 0.268 e. The fourth-order valence-electron chi connectivity index (χ4n) is 0.361. The van der Waals surface area contributed by atoms with Crippen LogP contribution < -0.4 is 0 Å². The molecule has 0 aliphatic heterocycles. The van der Waals surface area contributed by atoms with Crippen molar-refractivity contribution in [2.75, 3.05) is 7.05 Å². The normalized spacial score (nSPS) is 8.75. The number of hydrogen-bond donors (Lipinski definition) is 0. The molecule has 0 aromatic rings. The van der Waals surface area contributed by atoms with Crippen LogP contribution in [0.2, 0.25) is 0 Å². The summed E-state index contributed by atoms with van der Waals surface area (Å²) in [6.45, 7) is 5.24. The van der Waals surface area contributed by atoms with Gasteiger partial charge in [-0.05, 0) is 13.5 Å². The van der Waals surface area contributed by atoms with Crippen molar-refractivity contribution >= 4 is 5.87 Å². The van der Waals surface area contributed by atoms with E-state index in [4.69, 9.17) is 0 Å². The van der Waals surface area contributed by atoms with Crippen LogP contribution in [0.1, 0.15) is 6.92 Å². The van der Waals surface area contributed by atoms with Gasteiger partial charge in [0.05, 0.1) is 0 Å². The van der Waals surface area contributed by atoms with Crippen LogP contribution in [-0.4, -0.2) is 17.9 Å². The first kappa shape index (κ1) is 6.99. The van der Waals surface area contributed by atoms with Gasteiger partial charge in [-0.2, -0.15) is 0 Å². The summed E-state index contributed by atoms with van der Waals surface area (Å²) in [6.07, 6.45) is 3.71. The molecule has 0 rings (SSSR count). The molecule has 2 heteroatoms. The third-order valence-corrected chi connectivity index (χ3v) is 0.593. The van der Waals surface area contributed by atoms with E-state index >= 15 is 0 Å². The Kier molecular flexibility index (Phi) is 3.63. The zero-order valence-corrected chi connectivity index (χ0v) is 5.26. The molecule has 0 fully saturated rings. The van der Waals surface area contributed by atoms with Gasteiger partial charge in [0.1, 0.15) is 0 Å². The van der Waals surface area contributed by atoms with E-state index in [2.05, 4.69) is 17.6 Å². The fraction of sp³-hybridized carbons (Fsp3) is 0.333. The molecule has 0 amide bonds. The predicted molar refractivity (Wildman–Crippen MR) is 35.6 cm³/mol. The highest BCUT2D eigenvalue weighted by Gasteiger charge is 1.74. The van der Waals surface area contributed by atoms with Gasteiger partial charge in [0.25, 0.3) is 0 Å². The number of hydrazone groups is 1. The molecule has 0 atom stereocenters. The smallest absolute Gasteiger partial charge is 0.0304 e. The Balaban J connectivity index is 3.64. The average Bonchev–Trinajstić information content (AvgIpc) is 1.68. The molecule has 0 heterocycles. The SMILES string of the molecule is C=C=NN(C)/C=C\C. The van der Waals surface area contributed by atoms with Crippen molar-refractivity contribution in [3.8, 4) is 0 Å². The van der Waals surface area contributed by atoms with Crippen molar-refractivity contribution in [1.29, 1.82) is 0 Å². The molecule has 0 spiro atoms. The minimum atomic E-state index is 1.63. The summed E-state index contributed by atoms with van der Waals surface area (Å²) in [5.74, 6) is 2.40.